The van der Waals surface area contributed by atoms with Crippen molar-refractivity contribution in [3.05, 3.63) is 76.0 Å². The van der Waals surface area contributed by atoms with Crippen LogP contribution in [0.2, 0.25) is 5.02 Å². The van der Waals surface area contributed by atoms with Gasteiger partial charge >= 0.3 is 5.69 Å². The zero-order valence-electron chi connectivity index (χ0n) is 23.3. The highest BCUT2D eigenvalue weighted by Gasteiger charge is 2.46. The summed E-state index contributed by atoms with van der Waals surface area (Å²) >= 11 is 6.90. The number of amides is 1. The smallest absolute Gasteiger partial charge is 0.355 e. The highest BCUT2D eigenvalue weighted by Crippen LogP contribution is 2.51. The van der Waals surface area contributed by atoms with Gasteiger partial charge in [0.1, 0.15) is 29.8 Å². The van der Waals surface area contributed by atoms with Crippen LogP contribution in [0.15, 0.2) is 48.0 Å². The van der Waals surface area contributed by atoms with Crippen LogP contribution in [0.3, 0.4) is 0 Å². The molecule has 12 heteroatoms. The van der Waals surface area contributed by atoms with Crippen molar-refractivity contribution in [3.8, 4) is 22.7 Å². The van der Waals surface area contributed by atoms with Crippen LogP contribution in [0.1, 0.15) is 49.4 Å². The Balaban J connectivity index is 1.42. The standard InChI is InChI=1S/C31H27ClFN7O3/c1-3-23(41)38-9-10-39(15(2)13-38)29-18-11-19(32)27-24-20(33)5-4-6-21(24)43-22-12-17(22)26-28(25(16-7-8-16)34-14-35-26)40(30(18)36-27)31(42)37-29/h3-6,11,14-17,22H,1,7-10,12-13H2,2H3/t15-,17?,22?/m0/s1. The van der Waals surface area contributed by atoms with E-state index in [0.717, 1.165) is 18.5 Å². The van der Waals surface area contributed by atoms with Crippen LogP contribution < -0.4 is 15.3 Å². The topological polar surface area (TPSA) is 106 Å². The number of ether oxygens (including phenoxy) is 1. The van der Waals surface area contributed by atoms with Crippen LogP contribution in [-0.4, -0.2) is 67.1 Å². The van der Waals surface area contributed by atoms with Crippen LogP contribution in [0, 0.1) is 5.82 Å². The SMILES string of the molecule is C=CC(=O)N1CCN(c2nc(=O)n3c4nc(c(Cl)cc24)-c2c(F)cccc2OC2CC2c2ncnc(C4CC4)c2-3)[C@@H](C)C1. The molecule has 2 aliphatic heterocycles. The second-order valence-corrected chi connectivity index (χ2v) is 12.1. The first-order chi connectivity index (χ1) is 20.8. The van der Waals surface area contributed by atoms with E-state index in [1.54, 1.807) is 29.4 Å². The second kappa shape index (κ2) is 9.57. The minimum atomic E-state index is -0.538. The maximum atomic E-state index is 15.5. The van der Waals surface area contributed by atoms with Gasteiger partial charge in [0.15, 0.2) is 5.65 Å². The number of anilines is 1. The van der Waals surface area contributed by atoms with E-state index in [1.807, 2.05) is 11.8 Å². The van der Waals surface area contributed by atoms with Crippen LogP contribution in [0.25, 0.3) is 28.0 Å². The molecular formula is C31H27ClFN7O3. The Morgan fingerprint density at radius 2 is 2.00 bits per heavy atom. The molecule has 5 heterocycles. The van der Waals surface area contributed by atoms with E-state index in [-0.39, 0.29) is 51.8 Å². The van der Waals surface area contributed by atoms with Crippen LogP contribution in [0.5, 0.6) is 5.75 Å². The van der Waals surface area contributed by atoms with E-state index in [2.05, 4.69) is 21.5 Å². The Hall–Kier alpha value is -4.38. The Kier molecular flexibility index (Phi) is 5.84. The van der Waals surface area contributed by atoms with Gasteiger partial charge in [-0.25, -0.2) is 28.7 Å². The summed E-state index contributed by atoms with van der Waals surface area (Å²) in [6, 6.07) is 6.18. The number of nitrogens with zero attached hydrogens (tertiary/aromatic N) is 7. The zero-order valence-corrected chi connectivity index (χ0v) is 24.1. The van der Waals surface area contributed by atoms with Gasteiger partial charge in [-0.1, -0.05) is 24.2 Å². The summed E-state index contributed by atoms with van der Waals surface area (Å²) in [5.74, 6) is 0.143. The molecule has 1 aromatic carbocycles. The highest BCUT2D eigenvalue weighted by molar-refractivity contribution is 6.34. The minimum Gasteiger partial charge on any atom is -0.489 e. The first kappa shape index (κ1) is 26.3. The zero-order chi connectivity index (χ0) is 29.6. The first-order valence-electron chi connectivity index (χ1n) is 14.5. The molecule has 43 heavy (non-hydrogen) atoms. The highest BCUT2D eigenvalue weighted by atomic mass is 35.5. The fourth-order valence-electron chi connectivity index (χ4n) is 6.45. The van der Waals surface area contributed by atoms with Gasteiger partial charge < -0.3 is 14.5 Å². The third-order valence-electron chi connectivity index (χ3n) is 8.83. The van der Waals surface area contributed by atoms with Gasteiger partial charge in [-0.3, -0.25) is 4.79 Å². The number of halogens is 2. The maximum Gasteiger partial charge on any atom is 0.355 e. The summed E-state index contributed by atoms with van der Waals surface area (Å²) < 4.78 is 23.4. The van der Waals surface area contributed by atoms with E-state index >= 15 is 4.39 Å². The van der Waals surface area contributed by atoms with Crippen molar-refractivity contribution < 1.29 is 13.9 Å². The summed E-state index contributed by atoms with van der Waals surface area (Å²) in [7, 11) is 0. The number of aromatic nitrogens is 5. The summed E-state index contributed by atoms with van der Waals surface area (Å²) in [6.45, 7) is 6.87. The molecule has 3 aromatic heterocycles. The number of fused-ring (bicyclic) bond motifs is 7. The second-order valence-electron chi connectivity index (χ2n) is 11.7. The fourth-order valence-corrected chi connectivity index (χ4v) is 6.70. The predicted octanol–water partition coefficient (Wildman–Crippen LogP) is 4.38. The molecule has 4 aromatic rings. The van der Waals surface area contributed by atoms with E-state index < -0.39 is 11.5 Å². The molecule has 0 spiro atoms. The van der Waals surface area contributed by atoms with E-state index in [4.69, 9.17) is 21.3 Å². The number of hydrogen-bond acceptors (Lipinski definition) is 8. The van der Waals surface area contributed by atoms with Gasteiger partial charge in [0.05, 0.1) is 38.7 Å². The molecule has 8 rings (SSSR count). The van der Waals surface area contributed by atoms with Crippen molar-refractivity contribution in [2.45, 2.75) is 50.2 Å². The van der Waals surface area contributed by atoms with Crippen molar-refractivity contribution in [2.75, 3.05) is 24.5 Å². The van der Waals surface area contributed by atoms with Crippen LogP contribution in [-0.2, 0) is 4.79 Å². The number of carbonyl (C=O) groups excluding carboxylic acids is 1. The number of piperazine rings is 1. The van der Waals surface area contributed by atoms with Crippen LogP contribution in [0.4, 0.5) is 10.2 Å². The van der Waals surface area contributed by atoms with Gasteiger partial charge in [-0.15, -0.1) is 0 Å². The van der Waals surface area contributed by atoms with E-state index in [1.165, 1.54) is 16.7 Å². The molecule has 2 aliphatic carbocycles. The molecule has 2 saturated carbocycles. The molecule has 2 bridgehead atoms. The van der Waals surface area contributed by atoms with Gasteiger partial charge in [0, 0.05) is 37.5 Å². The molecule has 218 valence electrons. The Morgan fingerprint density at radius 3 is 2.77 bits per heavy atom. The van der Waals surface area contributed by atoms with Gasteiger partial charge in [0.25, 0.3) is 0 Å². The van der Waals surface area contributed by atoms with E-state index in [0.29, 0.717) is 54.4 Å². The summed E-state index contributed by atoms with van der Waals surface area (Å²) in [5, 5.41) is 0.730. The average molecular weight is 600 g/mol. The lowest BCUT2D eigenvalue weighted by Crippen LogP contribution is -2.54. The van der Waals surface area contributed by atoms with Gasteiger partial charge in [-0.2, -0.15) is 4.98 Å². The Labute approximate surface area is 250 Å². The fraction of sp³-hybridized carbons (Fsp3) is 0.355. The maximum absolute atomic E-state index is 15.5. The average Bonchev–Trinajstić information content (AvgIpc) is 3.92. The monoisotopic (exact) mass is 599 g/mol. The number of rotatable bonds is 3. The van der Waals surface area contributed by atoms with Gasteiger partial charge in [-0.05, 0) is 50.5 Å². The Bertz CT molecular complexity index is 1930. The molecule has 3 fully saturated rings. The molecular weight excluding hydrogens is 573 g/mol. The van der Waals surface area contributed by atoms with E-state index in [9.17, 15) is 9.59 Å². The lowest BCUT2D eigenvalue weighted by molar-refractivity contribution is -0.126. The summed E-state index contributed by atoms with van der Waals surface area (Å²) in [6.07, 6.45) is 5.17. The van der Waals surface area contributed by atoms with Crippen LogP contribution >= 0.6 is 11.6 Å². The van der Waals surface area contributed by atoms with Crippen molar-refractivity contribution in [2.24, 2.45) is 0 Å². The largest absolute Gasteiger partial charge is 0.489 e. The predicted molar refractivity (Wildman–Crippen MR) is 158 cm³/mol. The van der Waals surface area contributed by atoms with Crippen molar-refractivity contribution in [1.82, 2.24) is 29.4 Å². The van der Waals surface area contributed by atoms with Crippen molar-refractivity contribution >= 4 is 34.4 Å². The molecule has 3 atom stereocenters. The lowest BCUT2D eigenvalue weighted by Gasteiger charge is -2.40. The molecule has 0 radical (unpaired) electrons. The molecule has 2 unspecified atom stereocenters. The normalized spacial score (nSPS) is 22.3. The van der Waals surface area contributed by atoms with Crippen molar-refractivity contribution in [1.29, 1.82) is 0 Å². The number of pyridine rings is 1. The Morgan fingerprint density at radius 1 is 1.19 bits per heavy atom. The summed E-state index contributed by atoms with van der Waals surface area (Å²) in [5.41, 5.74) is 2.12. The summed E-state index contributed by atoms with van der Waals surface area (Å²) in [4.78, 5) is 49.1. The third kappa shape index (κ3) is 4.12. The molecule has 1 amide bonds. The third-order valence-corrected chi connectivity index (χ3v) is 9.12. The van der Waals surface area contributed by atoms with Crippen molar-refractivity contribution in [3.63, 3.8) is 0 Å². The number of hydrogen-bond donors (Lipinski definition) is 0. The number of carbonyl (C=O) groups is 1. The van der Waals surface area contributed by atoms with Gasteiger partial charge in [0.2, 0.25) is 5.91 Å². The minimum absolute atomic E-state index is 0.115. The molecule has 1 saturated heterocycles. The number of benzene rings is 1. The molecule has 10 nitrogen and oxygen atoms in total. The lowest BCUT2D eigenvalue weighted by atomic mass is 10.1. The molecule has 4 aliphatic rings. The first-order valence-corrected chi connectivity index (χ1v) is 14.8. The molecule has 0 N–H and O–H groups in total. The quantitative estimate of drug-likeness (QED) is 0.320.